The van der Waals surface area contributed by atoms with Crippen molar-refractivity contribution in [3.05, 3.63) is 70.2 Å². The Hall–Kier alpha value is -3.13. The molecule has 4 aromatic rings. The zero-order chi connectivity index (χ0) is 24.3. The molecule has 0 aliphatic rings. The van der Waals surface area contributed by atoms with Crippen molar-refractivity contribution >= 4 is 39.7 Å². The third kappa shape index (κ3) is 5.33. The van der Waals surface area contributed by atoms with E-state index in [2.05, 4.69) is 25.9 Å². The number of halogens is 1. The van der Waals surface area contributed by atoms with Gasteiger partial charge < -0.3 is 14.9 Å². The first kappa shape index (κ1) is 24.0. The highest BCUT2D eigenvalue weighted by atomic mass is 32.2. The molecule has 10 heteroatoms. The average molecular weight is 498 g/mol. The lowest BCUT2D eigenvalue weighted by Gasteiger charge is -2.19. The van der Waals surface area contributed by atoms with Crippen molar-refractivity contribution < 1.29 is 8.81 Å². The van der Waals surface area contributed by atoms with Crippen molar-refractivity contribution in [3.8, 4) is 11.8 Å². The molecule has 3 N–H and O–H groups in total. The minimum atomic E-state index is -0.550. The topological polar surface area (TPSA) is 99.0 Å². The van der Waals surface area contributed by atoms with Crippen molar-refractivity contribution in [2.75, 3.05) is 4.72 Å². The highest BCUT2D eigenvalue weighted by Crippen LogP contribution is 2.32. The highest BCUT2D eigenvalue weighted by molar-refractivity contribution is 8.00. The second kappa shape index (κ2) is 10.0. The second-order valence-electron chi connectivity index (χ2n) is 8.42. The van der Waals surface area contributed by atoms with E-state index in [1.807, 2.05) is 45.0 Å². The van der Waals surface area contributed by atoms with Gasteiger partial charge in [-0.15, -0.1) is 0 Å². The first-order valence-corrected chi connectivity index (χ1v) is 12.3. The van der Waals surface area contributed by atoms with Gasteiger partial charge in [-0.2, -0.15) is 4.37 Å². The van der Waals surface area contributed by atoms with Crippen molar-refractivity contribution in [1.29, 1.82) is 0 Å². The van der Waals surface area contributed by atoms with Crippen LogP contribution in [0.25, 0.3) is 11.1 Å². The van der Waals surface area contributed by atoms with Crippen LogP contribution < -0.4 is 16.2 Å². The van der Waals surface area contributed by atoms with Gasteiger partial charge in [-0.25, -0.2) is 14.2 Å². The Balaban J connectivity index is 1.72. The molecule has 0 saturated heterocycles. The zero-order valence-corrected chi connectivity index (χ0v) is 20.6. The van der Waals surface area contributed by atoms with Crippen LogP contribution in [0.15, 0.2) is 56.8 Å². The summed E-state index contributed by atoms with van der Waals surface area (Å²) in [6, 6.07) is 10.1. The number of aromatic nitrogens is 3. The molecule has 0 radical (unpaired) electrons. The summed E-state index contributed by atoms with van der Waals surface area (Å²) in [6.45, 7) is 5.81. The van der Waals surface area contributed by atoms with Gasteiger partial charge in [0.2, 0.25) is 5.13 Å². The van der Waals surface area contributed by atoms with Crippen LogP contribution in [0, 0.1) is 17.7 Å². The van der Waals surface area contributed by atoms with E-state index in [4.69, 9.17) is 10.2 Å². The first-order valence-electron chi connectivity index (χ1n) is 10.7. The van der Waals surface area contributed by atoms with E-state index < -0.39 is 17.1 Å². The van der Waals surface area contributed by atoms with E-state index in [0.717, 1.165) is 34.6 Å². The Morgan fingerprint density at radius 3 is 2.85 bits per heavy atom. The van der Waals surface area contributed by atoms with Crippen LogP contribution in [0.2, 0.25) is 0 Å². The molecule has 0 amide bonds. The predicted molar refractivity (Wildman–Crippen MR) is 134 cm³/mol. The largest absolute Gasteiger partial charge is 0.420 e. The molecule has 176 valence electrons. The monoisotopic (exact) mass is 497 g/mol. The van der Waals surface area contributed by atoms with E-state index in [1.54, 1.807) is 0 Å². The molecule has 0 aliphatic heterocycles. The summed E-state index contributed by atoms with van der Waals surface area (Å²) in [5.74, 6) is 5.30. The van der Waals surface area contributed by atoms with Crippen LogP contribution >= 0.6 is 23.5 Å². The van der Waals surface area contributed by atoms with Gasteiger partial charge >= 0.3 is 5.76 Å². The Labute approximate surface area is 204 Å². The number of rotatable bonds is 7. The first-order chi connectivity index (χ1) is 16.3. The number of nitrogens with one attached hydrogen (secondary N) is 1. The number of fused-ring (bicyclic) bond motifs is 1. The number of hydrogen-bond donors (Lipinski definition) is 2. The molecule has 0 saturated carbocycles. The second-order valence-corrected chi connectivity index (χ2v) is 10.0. The van der Waals surface area contributed by atoms with E-state index in [9.17, 15) is 9.18 Å². The molecule has 2 aromatic heterocycles. The number of nitrogens with two attached hydrogens (primary N) is 1. The minimum absolute atomic E-state index is 0.285. The van der Waals surface area contributed by atoms with Gasteiger partial charge in [0.15, 0.2) is 5.58 Å². The highest BCUT2D eigenvalue weighted by Gasteiger charge is 2.23. The summed E-state index contributed by atoms with van der Waals surface area (Å²) < 4.78 is 28.8. The van der Waals surface area contributed by atoms with Crippen LogP contribution in [0.1, 0.15) is 50.8 Å². The van der Waals surface area contributed by atoms with Crippen LogP contribution in [-0.2, 0) is 0 Å². The fraction of sp³-hybridized carbons (Fsp3) is 0.292. The molecule has 7 nitrogen and oxygen atoms in total. The normalized spacial score (nSPS) is 12.4. The van der Waals surface area contributed by atoms with Gasteiger partial charge in [0.1, 0.15) is 12.1 Å². The molecular formula is C24H24FN5O2S2. The maximum Gasteiger partial charge on any atom is 0.420 e. The summed E-state index contributed by atoms with van der Waals surface area (Å²) in [4.78, 5) is 17.2. The Morgan fingerprint density at radius 2 is 2.15 bits per heavy atom. The van der Waals surface area contributed by atoms with Gasteiger partial charge in [-0.1, -0.05) is 37.0 Å². The molecule has 34 heavy (non-hydrogen) atoms. The molecule has 2 aromatic carbocycles. The maximum absolute atomic E-state index is 15.0. The summed E-state index contributed by atoms with van der Waals surface area (Å²) in [6.07, 6.45) is 2.53. The summed E-state index contributed by atoms with van der Waals surface area (Å²) in [5, 5.41) is 0.547. The fourth-order valence-corrected chi connectivity index (χ4v) is 4.67. The van der Waals surface area contributed by atoms with Gasteiger partial charge in [0.25, 0.3) is 0 Å². The Bertz CT molecular complexity index is 1410. The number of oxazole rings is 1. The van der Waals surface area contributed by atoms with E-state index in [1.165, 1.54) is 23.0 Å². The lowest BCUT2D eigenvalue weighted by atomic mass is 9.97. The van der Waals surface area contributed by atoms with Gasteiger partial charge in [0, 0.05) is 41.2 Å². The maximum atomic E-state index is 15.0. The smallest absolute Gasteiger partial charge is 0.408 e. The van der Waals surface area contributed by atoms with Crippen LogP contribution in [0.4, 0.5) is 9.52 Å². The van der Waals surface area contributed by atoms with Crippen LogP contribution in [0.5, 0.6) is 0 Å². The summed E-state index contributed by atoms with van der Waals surface area (Å²) in [5.41, 5.74) is 8.01. The van der Waals surface area contributed by atoms with E-state index in [0.29, 0.717) is 29.1 Å². The number of anilines is 1. The standard InChI is InChI=1S/C24H24FN5O2S2/c1-4-18(16-10-6-5-8-15(16)9-7-11-24(2,3)26)30-19-12-17(25)21(13-20(19)32-23(30)31)33-29-22-27-14-28-34-22/h5-6,8,10,12-14,18H,4,11,26H2,1-3H3,(H,27,28,29). The molecular weight excluding hydrogens is 473 g/mol. The van der Waals surface area contributed by atoms with Gasteiger partial charge in [0.05, 0.1) is 16.5 Å². The Kier molecular flexibility index (Phi) is 7.07. The minimum Gasteiger partial charge on any atom is -0.408 e. The summed E-state index contributed by atoms with van der Waals surface area (Å²) in [7, 11) is 0. The van der Waals surface area contributed by atoms with Gasteiger partial charge in [-0.3, -0.25) is 4.57 Å². The molecule has 1 unspecified atom stereocenters. The summed E-state index contributed by atoms with van der Waals surface area (Å²) >= 11 is 2.20. The van der Waals surface area contributed by atoms with Crippen LogP contribution in [-0.4, -0.2) is 19.5 Å². The Morgan fingerprint density at radius 1 is 1.35 bits per heavy atom. The zero-order valence-electron chi connectivity index (χ0n) is 19.0. The third-order valence-electron chi connectivity index (χ3n) is 5.06. The molecule has 0 spiro atoms. The number of hydrogen-bond acceptors (Lipinski definition) is 8. The van der Waals surface area contributed by atoms with Crippen molar-refractivity contribution in [2.24, 2.45) is 5.73 Å². The average Bonchev–Trinajstić information content (AvgIpc) is 3.41. The van der Waals surface area contributed by atoms with Crippen LogP contribution in [0.3, 0.4) is 0 Å². The molecule has 1 atom stereocenters. The quantitative estimate of drug-likeness (QED) is 0.268. The molecule has 4 rings (SSSR count). The lowest BCUT2D eigenvalue weighted by Crippen LogP contribution is -2.30. The van der Waals surface area contributed by atoms with Gasteiger partial charge in [-0.05, 0) is 43.8 Å². The molecule has 2 heterocycles. The molecule has 0 bridgehead atoms. The van der Waals surface area contributed by atoms with E-state index in [-0.39, 0.29) is 10.9 Å². The fourth-order valence-electron chi connectivity index (χ4n) is 3.54. The SMILES string of the molecule is CCC(c1ccccc1C#CCC(C)(C)N)n1c(=O)oc2cc(SNc3ncns3)c(F)cc21. The number of nitrogens with zero attached hydrogens (tertiary/aromatic N) is 3. The molecule has 0 aliphatic carbocycles. The van der Waals surface area contributed by atoms with Crippen molar-refractivity contribution in [2.45, 2.75) is 50.1 Å². The van der Waals surface area contributed by atoms with Crippen molar-refractivity contribution in [3.63, 3.8) is 0 Å². The lowest BCUT2D eigenvalue weighted by molar-refractivity contribution is 0.468. The number of benzene rings is 2. The third-order valence-corrected chi connectivity index (χ3v) is 6.60. The molecule has 0 fully saturated rings. The predicted octanol–water partition coefficient (Wildman–Crippen LogP) is 5.18. The van der Waals surface area contributed by atoms with E-state index >= 15 is 0 Å². The van der Waals surface area contributed by atoms with Crippen molar-refractivity contribution in [1.82, 2.24) is 13.9 Å².